The molecule has 1 atom stereocenters. The first-order valence-electron chi connectivity index (χ1n) is 6.23. The first kappa shape index (κ1) is 14.0. The number of carbonyl (C=O) groups excluding carboxylic acids is 1. The van der Waals surface area contributed by atoms with E-state index >= 15 is 0 Å². The number of nitro groups is 1. The van der Waals surface area contributed by atoms with Gasteiger partial charge in [-0.2, -0.15) is 0 Å². The topological polar surface area (TPSA) is 110 Å². The van der Waals surface area contributed by atoms with Crippen LogP contribution in [-0.2, 0) is 16.0 Å². The van der Waals surface area contributed by atoms with Crippen molar-refractivity contribution in [3.05, 3.63) is 39.9 Å². The third kappa shape index (κ3) is 3.53. The number of carboxylic acids is 1. The van der Waals surface area contributed by atoms with Crippen LogP contribution in [0.1, 0.15) is 18.4 Å². The Balaban J connectivity index is 1.98. The van der Waals surface area contributed by atoms with Crippen LogP contribution in [0.5, 0.6) is 0 Å². The SMILES string of the molecule is O=C(Cc1cccc([N+](=O)[O-])c1)NC(C(=O)O)C1CC1. The molecule has 0 radical (unpaired) electrons. The quantitative estimate of drug-likeness (QED) is 0.598. The average molecular weight is 278 g/mol. The minimum Gasteiger partial charge on any atom is -0.480 e. The smallest absolute Gasteiger partial charge is 0.326 e. The van der Waals surface area contributed by atoms with E-state index in [9.17, 15) is 19.7 Å². The van der Waals surface area contributed by atoms with Crippen LogP contribution in [-0.4, -0.2) is 27.9 Å². The van der Waals surface area contributed by atoms with Crippen LogP contribution >= 0.6 is 0 Å². The molecule has 1 amide bonds. The molecular formula is C13H14N2O5. The highest BCUT2D eigenvalue weighted by Crippen LogP contribution is 2.32. The van der Waals surface area contributed by atoms with E-state index in [0.29, 0.717) is 5.56 Å². The summed E-state index contributed by atoms with van der Waals surface area (Å²) in [7, 11) is 0. The molecule has 1 fully saturated rings. The number of carboxylic acid groups (broad SMARTS) is 1. The molecule has 0 bridgehead atoms. The number of carbonyl (C=O) groups is 2. The van der Waals surface area contributed by atoms with Gasteiger partial charge in [0.1, 0.15) is 6.04 Å². The van der Waals surface area contributed by atoms with Crippen LogP contribution in [0.3, 0.4) is 0 Å². The number of aliphatic carboxylic acids is 1. The second-order valence-corrected chi connectivity index (χ2v) is 4.82. The molecule has 1 unspecified atom stereocenters. The standard InChI is InChI=1S/C13H14N2O5/c16-11(14-12(13(17)18)9-4-5-9)7-8-2-1-3-10(6-8)15(19)20/h1-3,6,9,12H,4-5,7H2,(H,14,16)(H,17,18). The van der Waals surface area contributed by atoms with Gasteiger partial charge in [-0.3, -0.25) is 14.9 Å². The van der Waals surface area contributed by atoms with Crippen molar-refractivity contribution in [1.29, 1.82) is 0 Å². The third-order valence-corrected chi connectivity index (χ3v) is 3.16. The Morgan fingerprint density at radius 3 is 2.70 bits per heavy atom. The first-order valence-corrected chi connectivity index (χ1v) is 6.23. The molecule has 1 aromatic carbocycles. The van der Waals surface area contributed by atoms with Crippen LogP contribution < -0.4 is 5.32 Å². The lowest BCUT2D eigenvalue weighted by Crippen LogP contribution is -2.43. The summed E-state index contributed by atoms with van der Waals surface area (Å²) in [5, 5.41) is 22.1. The van der Waals surface area contributed by atoms with Crippen molar-refractivity contribution < 1.29 is 19.6 Å². The number of nitro benzene ring substituents is 1. The maximum Gasteiger partial charge on any atom is 0.326 e. The predicted molar refractivity (Wildman–Crippen MR) is 69.1 cm³/mol. The van der Waals surface area contributed by atoms with E-state index in [-0.39, 0.29) is 18.0 Å². The normalized spacial score (nSPS) is 15.4. The average Bonchev–Trinajstić information content (AvgIpc) is 3.20. The maximum atomic E-state index is 11.8. The molecule has 1 saturated carbocycles. The Hall–Kier alpha value is -2.44. The van der Waals surface area contributed by atoms with Crippen molar-refractivity contribution in [2.24, 2.45) is 5.92 Å². The van der Waals surface area contributed by atoms with Gasteiger partial charge in [0.25, 0.3) is 5.69 Å². The lowest BCUT2D eigenvalue weighted by Gasteiger charge is -2.13. The van der Waals surface area contributed by atoms with E-state index in [4.69, 9.17) is 5.11 Å². The Kier molecular flexibility index (Phi) is 3.97. The van der Waals surface area contributed by atoms with Gasteiger partial charge >= 0.3 is 5.97 Å². The Morgan fingerprint density at radius 1 is 1.45 bits per heavy atom. The monoisotopic (exact) mass is 278 g/mol. The Morgan fingerprint density at radius 2 is 2.15 bits per heavy atom. The summed E-state index contributed by atoms with van der Waals surface area (Å²) in [5.74, 6) is -1.48. The molecular weight excluding hydrogens is 264 g/mol. The largest absolute Gasteiger partial charge is 0.480 e. The van der Waals surface area contributed by atoms with Crippen LogP contribution in [0.2, 0.25) is 0 Å². The Labute approximate surface area is 114 Å². The highest BCUT2D eigenvalue weighted by atomic mass is 16.6. The number of nitrogens with one attached hydrogen (secondary N) is 1. The van der Waals surface area contributed by atoms with E-state index in [0.717, 1.165) is 12.8 Å². The molecule has 7 heteroatoms. The lowest BCUT2D eigenvalue weighted by molar-refractivity contribution is -0.384. The molecule has 2 rings (SSSR count). The fraction of sp³-hybridized carbons (Fsp3) is 0.385. The molecule has 0 saturated heterocycles. The van der Waals surface area contributed by atoms with Crippen molar-refractivity contribution in [3.63, 3.8) is 0 Å². The van der Waals surface area contributed by atoms with Crippen LogP contribution in [0.15, 0.2) is 24.3 Å². The number of non-ortho nitro benzene ring substituents is 1. The number of amides is 1. The van der Waals surface area contributed by atoms with Crippen LogP contribution in [0.4, 0.5) is 5.69 Å². The summed E-state index contributed by atoms with van der Waals surface area (Å²) in [4.78, 5) is 32.9. The highest BCUT2D eigenvalue weighted by molar-refractivity contribution is 5.85. The van der Waals surface area contributed by atoms with Gasteiger partial charge in [-0.05, 0) is 24.3 Å². The van der Waals surface area contributed by atoms with Crippen molar-refractivity contribution in [2.75, 3.05) is 0 Å². The molecule has 7 nitrogen and oxygen atoms in total. The number of hydrogen-bond donors (Lipinski definition) is 2. The van der Waals surface area contributed by atoms with Gasteiger partial charge < -0.3 is 10.4 Å². The minimum absolute atomic E-state index is 0.00144. The molecule has 1 aliphatic rings. The van der Waals surface area contributed by atoms with Crippen molar-refractivity contribution in [2.45, 2.75) is 25.3 Å². The van der Waals surface area contributed by atoms with E-state index in [1.165, 1.54) is 18.2 Å². The highest BCUT2D eigenvalue weighted by Gasteiger charge is 2.37. The van der Waals surface area contributed by atoms with Crippen molar-refractivity contribution in [3.8, 4) is 0 Å². The maximum absolute atomic E-state index is 11.8. The lowest BCUT2D eigenvalue weighted by atomic mass is 10.1. The van der Waals surface area contributed by atoms with E-state index in [1.807, 2.05) is 0 Å². The van der Waals surface area contributed by atoms with Gasteiger partial charge in [0.15, 0.2) is 0 Å². The van der Waals surface area contributed by atoms with Gasteiger partial charge in [-0.15, -0.1) is 0 Å². The van der Waals surface area contributed by atoms with Gasteiger partial charge in [-0.25, -0.2) is 4.79 Å². The number of hydrogen-bond acceptors (Lipinski definition) is 4. The molecule has 0 aromatic heterocycles. The second-order valence-electron chi connectivity index (χ2n) is 4.82. The zero-order valence-electron chi connectivity index (χ0n) is 10.6. The fourth-order valence-electron chi connectivity index (χ4n) is 2.00. The second kappa shape index (κ2) is 5.68. The molecule has 106 valence electrons. The van der Waals surface area contributed by atoms with E-state index < -0.39 is 22.8 Å². The van der Waals surface area contributed by atoms with Crippen LogP contribution in [0, 0.1) is 16.0 Å². The van der Waals surface area contributed by atoms with Gasteiger partial charge in [0.2, 0.25) is 5.91 Å². The summed E-state index contributed by atoms with van der Waals surface area (Å²) in [5.41, 5.74) is 0.393. The van der Waals surface area contributed by atoms with Crippen molar-refractivity contribution in [1.82, 2.24) is 5.32 Å². The number of nitrogens with zero attached hydrogens (tertiary/aromatic N) is 1. The van der Waals surface area contributed by atoms with Gasteiger partial charge in [0.05, 0.1) is 11.3 Å². The number of rotatable bonds is 6. The summed E-state index contributed by atoms with van der Waals surface area (Å²) >= 11 is 0. The summed E-state index contributed by atoms with van der Waals surface area (Å²) in [6.07, 6.45) is 1.53. The third-order valence-electron chi connectivity index (χ3n) is 3.16. The molecule has 0 spiro atoms. The zero-order valence-corrected chi connectivity index (χ0v) is 10.6. The molecule has 0 heterocycles. The molecule has 2 N–H and O–H groups in total. The van der Waals surface area contributed by atoms with Crippen molar-refractivity contribution >= 4 is 17.6 Å². The van der Waals surface area contributed by atoms with Gasteiger partial charge in [0, 0.05) is 12.1 Å². The molecule has 1 aliphatic carbocycles. The molecule has 1 aromatic rings. The summed E-state index contributed by atoms with van der Waals surface area (Å²) < 4.78 is 0. The number of benzene rings is 1. The molecule has 0 aliphatic heterocycles. The van der Waals surface area contributed by atoms with Crippen LogP contribution in [0.25, 0.3) is 0 Å². The first-order chi connectivity index (χ1) is 9.47. The summed E-state index contributed by atoms with van der Waals surface area (Å²) in [6, 6.07) is 4.88. The van der Waals surface area contributed by atoms with E-state index in [2.05, 4.69) is 5.32 Å². The molecule has 20 heavy (non-hydrogen) atoms. The zero-order chi connectivity index (χ0) is 14.7. The fourth-order valence-corrected chi connectivity index (χ4v) is 2.00. The Bertz CT molecular complexity index is 553. The predicted octanol–water partition coefficient (Wildman–Crippen LogP) is 1.12. The van der Waals surface area contributed by atoms with Gasteiger partial charge in [-0.1, -0.05) is 12.1 Å². The summed E-state index contributed by atoms with van der Waals surface area (Å²) in [6.45, 7) is 0. The van der Waals surface area contributed by atoms with E-state index in [1.54, 1.807) is 6.07 Å². The minimum atomic E-state index is -1.04.